The number of hydrogen-bond donors (Lipinski definition) is 1. The Morgan fingerprint density at radius 3 is 3.00 bits per heavy atom. The Bertz CT molecular complexity index is 668. The number of rotatable bonds is 2. The third-order valence-corrected chi connectivity index (χ3v) is 4.68. The predicted molar refractivity (Wildman–Crippen MR) is 70.7 cm³/mol. The molecule has 0 amide bonds. The van der Waals surface area contributed by atoms with E-state index in [1.165, 1.54) is 6.33 Å². The zero-order valence-corrected chi connectivity index (χ0v) is 10.9. The third-order valence-electron chi connectivity index (χ3n) is 4.40. The Balaban J connectivity index is 1.82. The molecule has 0 aliphatic heterocycles. The van der Waals surface area contributed by atoms with E-state index in [0.717, 1.165) is 12.1 Å². The summed E-state index contributed by atoms with van der Waals surface area (Å²) in [6.45, 7) is 0.240. The Hall–Kier alpha value is -1.46. The number of halogens is 1. The lowest BCUT2D eigenvalue weighted by molar-refractivity contribution is 0.200. The van der Waals surface area contributed by atoms with Crippen LogP contribution >= 0.6 is 11.6 Å². The van der Waals surface area contributed by atoms with Crippen molar-refractivity contribution in [1.29, 1.82) is 0 Å². The number of fused-ring (bicyclic) bond motifs is 3. The summed E-state index contributed by atoms with van der Waals surface area (Å²) >= 11 is 6.04. The van der Waals surface area contributed by atoms with Crippen LogP contribution in [0.3, 0.4) is 0 Å². The van der Waals surface area contributed by atoms with Crippen molar-refractivity contribution in [2.24, 2.45) is 17.8 Å². The van der Waals surface area contributed by atoms with Crippen molar-refractivity contribution in [3.8, 4) is 0 Å². The van der Waals surface area contributed by atoms with E-state index in [1.54, 1.807) is 6.33 Å². The predicted octanol–water partition coefficient (Wildman–Crippen LogP) is 1.84. The average molecular weight is 277 g/mol. The number of hydrogen-bond acceptors (Lipinski definition) is 4. The van der Waals surface area contributed by atoms with Gasteiger partial charge in [-0.15, -0.1) is 0 Å². The summed E-state index contributed by atoms with van der Waals surface area (Å²) in [7, 11) is 0. The highest BCUT2D eigenvalue weighted by atomic mass is 35.5. The number of aliphatic hydroxyl groups is 1. The van der Waals surface area contributed by atoms with Gasteiger partial charge in [0.1, 0.15) is 11.8 Å². The number of aliphatic hydroxyl groups excluding tert-OH is 1. The van der Waals surface area contributed by atoms with Crippen molar-refractivity contribution in [2.75, 3.05) is 6.61 Å². The van der Waals surface area contributed by atoms with Crippen LogP contribution in [0.15, 0.2) is 24.8 Å². The average Bonchev–Trinajstić information content (AvgIpc) is 3.09. The molecule has 2 aliphatic carbocycles. The van der Waals surface area contributed by atoms with Crippen molar-refractivity contribution in [1.82, 2.24) is 19.5 Å². The molecule has 2 aliphatic rings. The van der Waals surface area contributed by atoms with Gasteiger partial charge in [0.25, 0.3) is 0 Å². The third kappa shape index (κ3) is 1.48. The van der Waals surface area contributed by atoms with Gasteiger partial charge in [0, 0.05) is 18.6 Å². The molecule has 0 spiro atoms. The minimum atomic E-state index is 0.240. The van der Waals surface area contributed by atoms with Crippen LogP contribution in [-0.2, 0) is 0 Å². The first-order valence-electron chi connectivity index (χ1n) is 6.42. The van der Waals surface area contributed by atoms with E-state index >= 15 is 0 Å². The van der Waals surface area contributed by atoms with Gasteiger partial charge in [-0.2, -0.15) is 0 Å². The molecule has 4 atom stereocenters. The minimum absolute atomic E-state index is 0.240. The van der Waals surface area contributed by atoms with Crippen LogP contribution in [0.4, 0.5) is 0 Å². The lowest BCUT2D eigenvalue weighted by Gasteiger charge is -2.20. The summed E-state index contributed by atoms with van der Waals surface area (Å²) in [6.07, 6.45) is 8.75. The van der Waals surface area contributed by atoms with Gasteiger partial charge >= 0.3 is 0 Å². The molecule has 0 radical (unpaired) electrons. The molecule has 19 heavy (non-hydrogen) atoms. The molecule has 1 fully saturated rings. The normalized spacial score (nSPS) is 32.5. The van der Waals surface area contributed by atoms with Crippen LogP contribution in [0.1, 0.15) is 12.5 Å². The summed E-state index contributed by atoms with van der Waals surface area (Å²) in [5.41, 5.74) is 1.43. The SMILES string of the molecule is OCC1CC2C=CC1C2n1cnc2c(Cl)ncnc21. The largest absolute Gasteiger partial charge is 0.396 e. The van der Waals surface area contributed by atoms with Crippen LogP contribution in [0.25, 0.3) is 11.2 Å². The Labute approximate surface area is 115 Å². The Morgan fingerprint density at radius 2 is 2.21 bits per heavy atom. The smallest absolute Gasteiger partial charge is 0.165 e. The van der Waals surface area contributed by atoms with Crippen LogP contribution in [-0.4, -0.2) is 31.2 Å². The van der Waals surface area contributed by atoms with Gasteiger partial charge in [0.2, 0.25) is 0 Å². The van der Waals surface area contributed by atoms with E-state index in [0.29, 0.717) is 34.5 Å². The van der Waals surface area contributed by atoms with E-state index in [9.17, 15) is 5.11 Å². The van der Waals surface area contributed by atoms with Gasteiger partial charge in [-0.25, -0.2) is 15.0 Å². The van der Waals surface area contributed by atoms with Crippen LogP contribution in [0.5, 0.6) is 0 Å². The Kier molecular flexibility index (Phi) is 2.40. The topological polar surface area (TPSA) is 63.8 Å². The molecular formula is C13H13ClN4O. The zero-order valence-electron chi connectivity index (χ0n) is 10.1. The first kappa shape index (κ1) is 11.4. The maximum absolute atomic E-state index is 9.46. The van der Waals surface area contributed by atoms with Gasteiger partial charge in [-0.3, -0.25) is 0 Å². The van der Waals surface area contributed by atoms with E-state index in [2.05, 4.69) is 31.7 Å². The summed E-state index contributed by atoms with van der Waals surface area (Å²) in [6, 6.07) is 0.299. The fraction of sp³-hybridized carbons (Fsp3) is 0.462. The molecular weight excluding hydrogens is 264 g/mol. The second-order valence-corrected chi connectivity index (χ2v) is 5.64. The van der Waals surface area contributed by atoms with E-state index in [4.69, 9.17) is 11.6 Å². The molecule has 6 heteroatoms. The maximum atomic E-state index is 9.46. The van der Waals surface area contributed by atoms with Crippen molar-refractivity contribution in [2.45, 2.75) is 12.5 Å². The van der Waals surface area contributed by atoms with E-state index < -0.39 is 0 Å². The molecule has 2 aromatic rings. The Morgan fingerprint density at radius 1 is 1.32 bits per heavy atom. The molecule has 2 bridgehead atoms. The summed E-state index contributed by atoms with van der Waals surface area (Å²) < 4.78 is 2.09. The van der Waals surface area contributed by atoms with Crippen LogP contribution in [0, 0.1) is 17.8 Å². The van der Waals surface area contributed by atoms with E-state index in [1.807, 2.05) is 0 Å². The highest BCUT2D eigenvalue weighted by molar-refractivity contribution is 6.33. The number of allylic oxidation sites excluding steroid dienone is 2. The number of aromatic nitrogens is 4. The molecule has 98 valence electrons. The van der Waals surface area contributed by atoms with E-state index in [-0.39, 0.29) is 6.61 Å². The summed E-state index contributed by atoms with van der Waals surface area (Å²) in [4.78, 5) is 12.6. The highest BCUT2D eigenvalue weighted by Crippen LogP contribution is 2.51. The van der Waals surface area contributed by atoms with Crippen molar-refractivity contribution < 1.29 is 5.11 Å². The second kappa shape index (κ2) is 4.02. The van der Waals surface area contributed by atoms with Crippen molar-refractivity contribution in [3.63, 3.8) is 0 Å². The molecule has 4 rings (SSSR count). The standard InChI is InChI=1S/C13H13ClN4O/c14-12-10-13(16-5-15-12)18(6-17-10)11-7-1-2-9(11)8(3-7)4-19/h1-2,5-9,11,19H,3-4H2. The van der Waals surface area contributed by atoms with Gasteiger partial charge in [-0.1, -0.05) is 23.8 Å². The molecule has 0 saturated heterocycles. The fourth-order valence-electron chi connectivity index (χ4n) is 3.57. The lowest BCUT2D eigenvalue weighted by atomic mass is 9.94. The summed E-state index contributed by atoms with van der Waals surface area (Å²) in [5.74, 6) is 1.16. The van der Waals surface area contributed by atoms with Gasteiger partial charge in [0.05, 0.1) is 6.33 Å². The fourth-order valence-corrected chi connectivity index (χ4v) is 3.75. The first-order chi connectivity index (χ1) is 9.29. The monoisotopic (exact) mass is 276 g/mol. The van der Waals surface area contributed by atoms with Gasteiger partial charge in [-0.05, 0) is 18.3 Å². The summed E-state index contributed by atoms with van der Waals surface area (Å²) in [5, 5.41) is 9.84. The molecule has 0 aromatic carbocycles. The van der Waals surface area contributed by atoms with Crippen molar-refractivity contribution >= 4 is 22.8 Å². The molecule has 4 unspecified atom stereocenters. The lowest BCUT2D eigenvalue weighted by Crippen LogP contribution is -2.17. The molecule has 1 saturated carbocycles. The highest BCUT2D eigenvalue weighted by Gasteiger charge is 2.45. The molecule has 5 nitrogen and oxygen atoms in total. The first-order valence-corrected chi connectivity index (χ1v) is 6.79. The number of imidazole rings is 1. The van der Waals surface area contributed by atoms with Gasteiger partial charge in [0.15, 0.2) is 10.8 Å². The second-order valence-electron chi connectivity index (χ2n) is 5.28. The molecule has 2 heterocycles. The molecule has 1 N–H and O–H groups in total. The maximum Gasteiger partial charge on any atom is 0.165 e. The van der Waals surface area contributed by atoms with Gasteiger partial charge < -0.3 is 9.67 Å². The van der Waals surface area contributed by atoms with Crippen molar-refractivity contribution in [3.05, 3.63) is 30.0 Å². The minimum Gasteiger partial charge on any atom is -0.396 e. The zero-order chi connectivity index (χ0) is 13.0. The van der Waals surface area contributed by atoms with Crippen LogP contribution < -0.4 is 0 Å². The molecule has 2 aromatic heterocycles. The quantitative estimate of drug-likeness (QED) is 0.671. The van der Waals surface area contributed by atoms with Crippen LogP contribution in [0.2, 0.25) is 5.15 Å². The number of nitrogens with zero attached hydrogens (tertiary/aromatic N) is 4.